The van der Waals surface area contributed by atoms with Crippen LogP contribution in [0.2, 0.25) is 20.1 Å². The third-order valence-corrected chi connectivity index (χ3v) is 9.98. The molecule has 1 atom stereocenters. The van der Waals surface area contributed by atoms with Crippen molar-refractivity contribution in [1.29, 1.82) is 0 Å². The van der Waals surface area contributed by atoms with Gasteiger partial charge >= 0.3 is 0 Å². The van der Waals surface area contributed by atoms with Gasteiger partial charge in [0.05, 0.1) is 22.0 Å². The van der Waals surface area contributed by atoms with Crippen molar-refractivity contribution >= 4 is 73.9 Å². The predicted molar refractivity (Wildman–Crippen MR) is 175 cm³/mol. The molecule has 4 rings (SSSR count). The van der Waals surface area contributed by atoms with Gasteiger partial charge in [-0.1, -0.05) is 108 Å². The van der Waals surface area contributed by atoms with Gasteiger partial charge in [0.25, 0.3) is 0 Å². The zero-order valence-corrected chi connectivity index (χ0v) is 27.5. The van der Waals surface area contributed by atoms with E-state index in [1.54, 1.807) is 24.3 Å². The summed E-state index contributed by atoms with van der Waals surface area (Å²) in [6.45, 7) is -0.683. The lowest BCUT2D eigenvalue weighted by atomic mass is 9.94. The first kappa shape index (κ1) is 33.4. The Morgan fingerprint density at radius 2 is 1.60 bits per heavy atom. The van der Waals surface area contributed by atoms with Crippen molar-refractivity contribution in [2.45, 2.75) is 57.2 Å². The van der Waals surface area contributed by atoms with E-state index in [4.69, 9.17) is 46.4 Å². The zero-order valence-electron chi connectivity index (χ0n) is 23.6. The lowest BCUT2D eigenvalue weighted by molar-refractivity contribution is -0.140. The van der Waals surface area contributed by atoms with E-state index in [0.29, 0.717) is 15.6 Å². The molecule has 3 aromatic carbocycles. The van der Waals surface area contributed by atoms with E-state index in [1.165, 1.54) is 17.0 Å². The quantitative estimate of drug-likeness (QED) is 0.232. The highest BCUT2D eigenvalue weighted by Crippen LogP contribution is 2.34. The van der Waals surface area contributed by atoms with E-state index in [0.717, 1.165) is 48.2 Å². The minimum atomic E-state index is -4.00. The summed E-state index contributed by atoms with van der Waals surface area (Å²) < 4.78 is 26.9. The molecule has 2 amide bonds. The van der Waals surface area contributed by atoms with Crippen molar-refractivity contribution in [2.24, 2.45) is 0 Å². The third kappa shape index (κ3) is 9.02. The van der Waals surface area contributed by atoms with Crippen LogP contribution in [0.4, 0.5) is 5.69 Å². The van der Waals surface area contributed by atoms with Gasteiger partial charge in [-0.25, -0.2) is 8.42 Å². The maximum Gasteiger partial charge on any atom is 0.244 e. The van der Waals surface area contributed by atoms with Gasteiger partial charge in [-0.3, -0.25) is 13.9 Å². The van der Waals surface area contributed by atoms with Crippen LogP contribution in [0, 0.1) is 0 Å². The molecule has 3 aromatic rings. The van der Waals surface area contributed by atoms with Crippen LogP contribution in [0.25, 0.3) is 0 Å². The molecule has 1 aliphatic carbocycles. The molecule has 1 unspecified atom stereocenters. The Morgan fingerprint density at radius 3 is 2.26 bits per heavy atom. The van der Waals surface area contributed by atoms with Crippen LogP contribution in [0.1, 0.15) is 43.2 Å². The van der Waals surface area contributed by atoms with E-state index < -0.39 is 28.5 Å². The maximum atomic E-state index is 14.3. The number of amides is 2. The fraction of sp³-hybridized carbons (Fsp3) is 0.355. The van der Waals surface area contributed by atoms with Crippen LogP contribution in [-0.2, 0) is 32.6 Å². The van der Waals surface area contributed by atoms with Gasteiger partial charge in [0.1, 0.15) is 12.6 Å². The van der Waals surface area contributed by atoms with Gasteiger partial charge in [-0.2, -0.15) is 0 Å². The lowest BCUT2D eigenvalue weighted by Crippen LogP contribution is -2.55. The topological polar surface area (TPSA) is 86.8 Å². The molecule has 0 radical (unpaired) electrons. The summed E-state index contributed by atoms with van der Waals surface area (Å²) in [4.78, 5) is 29.7. The average Bonchev–Trinajstić information content (AvgIpc) is 2.96. The standard InChI is InChI=1S/C31H33Cl4N3O4S/c1-43(41,42)38(27-14-8-13-25(33)30(27)35)20-29(39)37(19-22-15-16-23(32)18-26(22)34)28(17-21-9-4-2-5-10-21)31(40)36-24-11-6-3-7-12-24/h2,4-5,8-10,13-16,18,24,28H,3,6-7,11-12,17,19-20H2,1H3,(H,36,40). The number of hydrogen-bond donors (Lipinski definition) is 1. The molecule has 12 heteroatoms. The smallest absolute Gasteiger partial charge is 0.244 e. The van der Waals surface area contributed by atoms with E-state index in [-0.39, 0.29) is 40.6 Å². The molecule has 43 heavy (non-hydrogen) atoms. The van der Waals surface area contributed by atoms with Gasteiger partial charge in [-0.05, 0) is 48.2 Å². The van der Waals surface area contributed by atoms with Crippen molar-refractivity contribution in [3.8, 4) is 0 Å². The van der Waals surface area contributed by atoms with Crippen LogP contribution in [0.5, 0.6) is 0 Å². The molecule has 0 spiro atoms. The lowest BCUT2D eigenvalue weighted by Gasteiger charge is -2.35. The summed E-state index contributed by atoms with van der Waals surface area (Å²) in [6, 6.07) is 17.8. The van der Waals surface area contributed by atoms with Gasteiger partial charge < -0.3 is 10.2 Å². The van der Waals surface area contributed by atoms with E-state index in [9.17, 15) is 18.0 Å². The number of carbonyl (C=O) groups excluding carboxylic acids is 2. The molecule has 0 bridgehead atoms. The van der Waals surface area contributed by atoms with Gasteiger partial charge in [0.2, 0.25) is 21.8 Å². The normalized spacial score (nSPS) is 14.6. The average molecular weight is 686 g/mol. The molecule has 230 valence electrons. The van der Waals surface area contributed by atoms with E-state index >= 15 is 0 Å². The number of benzene rings is 3. The number of hydrogen-bond acceptors (Lipinski definition) is 4. The van der Waals surface area contributed by atoms with Gasteiger partial charge in [-0.15, -0.1) is 0 Å². The number of nitrogens with one attached hydrogen (secondary N) is 1. The van der Waals surface area contributed by atoms with Crippen molar-refractivity contribution in [2.75, 3.05) is 17.1 Å². The Hall–Kier alpha value is -2.49. The number of sulfonamides is 1. The number of nitrogens with zero attached hydrogens (tertiary/aromatic N) is 2. The minimum Gasteiger partial charge on any atom is -0.352 e. The van der Waals surface area contributed by atoms with Crippen molar-refractivity contribution in [3.63, 3.8) is 0 Å². The second-order valence-electron chi connectivity index (χ2n) is 10.6. The number of anilines is 1. The molecular weight excluding hydrogens is 652 g/mol. The first-order chi connectivity index (χ1) is 20.4. The van der Waals surface area contributed by atoms with Crippen LogP contribution in [-0.4, -0.2) is 50.0 Å². The molecule has 0 heterocycles. The maximum absolute atomic E-state index is 14.3. The molecule has 0 aliphatic heterocycles. The Bertz CT molecular complexity index is 1550. The monoisotopic (exact) mass is 683 g/mol. The number of rotatable bonds is 11. The van der Waals surface area contributed by atoms with Crippen LogP contribution in [0.15, 0.2) is 66.7 Å². The summed E-state index contributed by atoms with van der Waals surface area (Å²) in [5, 5.41) is 4.02. The van der Waals surface area contributed by atoms with Crippen molar-refractivity contribution in [3.05, 3.63) is 97.9 Å². The fourth-order valence-electron chi connectivity index (χ4n) is 5.21. The highest BCUT2D eigenvalue weighted by Gasteiger charge is 2.35. The summed E-state index contributed by atoms with van der Waals surface area (Å²) in [6.07, 6.45) is 6.04. The summed E-state index contributed by atoms with van der Waals surface area (Å²) in [5.41, 5.74) is 1.44. The second kappa shape index (κ2) is 15.0. The summed E-state index contributed by atoms with van der Waals surface area (Å²) in [7, 11) is -4.00. The first-order valence-electron chi connectivity index (χ1n) is 13.9. The van der Waals surface area contributed by atoms with Crippen LogP contribution in [0.3, 0.4) is 0 Å². The van der Waals surface area contributed by atoms with Crippen LogP contribution >= 0.6 is 46.4 Å². The molecule has 7 nitrogen and oxygen atoms in total. The Kier molecular flexibility index (Phi) is 11.6. The third-order valence-electron chi connectivity index (χ3n) is 7.46. The Morgan fingerprint density at radius 1 is 0.907 bits per heavy atom. The number of halogens is 4. The van der Waals surface area contributed by atoms with E-state index in [1.807, 2.05) is 30.3 Å². The molecule has 1 aliphatic rings. The van der Waals surface area contributed by atoms with Gasteiger partial charge in [0.15, 0.2) is 0 Å². The fourth-order valence-corrected chi connectivity index (χ4v) is 6.98. The molecule has 1 saturated carbocycles. The predicted octanol–water partition coefficient (Wildman–Crippen LogP) is 7.16. The first-order valence-corrected chi connectivity index (χ1v) is 17.3. The summed E-state index contributed by atoms with van der Waals surface area (Å²) >= 11 is 25.2. The minimum absolute atomic E-state index is 0.00613. The highest BCUT2D eigenvalue weighted by molar-refractivity contribution is 7.92. The van der Waals surface area contributed by atoms with E-state index in [2.05, 4.69) is 5.32 Å². The largest absolute Gasteiger partial charge is 0.352 e. The molecule has 0 saturated heterocycles. The Labute approximate surface area is 273 Å². The van der Waals surface area contributed by atoms with Crippen molar-refractivity contribution < 1.29 is 18.0 Å². The second-order valence-corrected chi connectivity index (χ2v) is 14.2. The Balaban J connectivity index is 1.76. The van der Waals surface area contributed by atoms with Crippen molar-refractivity contribution in [1.82, 2.24) is 10.2 Å². The van der Waals surface area contributed by atoms with Crippen LogP contribution < -0.4 is 9.62 Å². The highest BCUT2D eigenvalue weighted by atomic mass is 35.5. The van der Waals surface area contributed by atoms with Gasteiger partial charge in [0, 0.05) is 29.1 Å². The summed E-state index contributed by atoms with van der Waals surface area (Å²) in [5.74, 6) is -0.937. The molecule has 0 aromatic heterocycles. The molecule has 1 N–H and O–H groups in total. The zero-order chi connectivity index (χ0) is 31.1. The SMILES string of the molecule is CS(=O)(=O)N(CC(=O)N(Cc1ccc(Cl)cc1Cl)C(Cc1ccccc1)C(=O)NC1CCCCC1)c1cccc(Cl)c1Cl. The number of carbonyl (C=O) groups is 2. The molecular formula is C31H33Cl4N3O4S. The molecule has 1 fully saturated rings.